The number of hydrogen-bond acceptors (Lipinski definition) is 1. The van der Waals surface area contributed by atoms with E-state index >= 15 is 0 Å². The molecule has 0 saturated heterocycles. The largest absolute Gasteiger partial charge is 0.353 e. The first-order chi connectivity index (χ1) is 4.20. The molecule has 1 radical (unpaired) electrons. The summed E-state index contributed by atoms with van der Waals surface area (Å²) in [5.74, 6) is 1.22. The van der Waals surface area contributed by atoms with Gasteiger partial charge in [-0.2, -0.15) is 0 Å². The first-order valence-corrected chi connectivity index (χ1v) is 3.35. The van der Waals surface area contributed by atoms with Gasteiger partial charge in [-0.25, -0.2) is 0 Å². The summed E-state index contributed by atoms with van der Waals surface area (Å²) in [6.45, 7) is 3.95. The Kier molecular flexibility index (Phi) is 1.74. The number of amides is 1. The molecule has 9 heavy (non-hydrogen) atoms. The van der Waals surface area contributed by atoms with E-state index in [1.54, 1.807) is 0 Å². The van der Waals surface area contributed by atoms with Crippen molar-refractivity contribution < 1.29 is 4.79 Å². The van der Waals surface area contributed by atoms with Crippen molar-refractivity contribution >= 4 is 5.91 Å². The summed E-state index contributed by atoms with van der Waals surface area (Å²) >= 11 is 0. The van der Waals surface area contributed by atoms with Gasteiger partial charge in [0, 0.05) is 6.04 Å². The van der Waals surface area contributed by atoms with Crippen LogP contribution in [-0.4, -0.2) is 11.9 Å². The third kappa shape index (κ3) is 2.04. The summed E-state index contributed by atoms with van der Waals surface area (Å²) in [6.07, 6.45) is 2.02. The van der Waals surface area contributed by atoms with E-state index in [0.717, 1.165) is 18.8 Å². The number of hydrogen-bond donors (Lipinski definition) is 1. The molecule has 1 aliphatic rings. The molecule has 1 aliphatic carbocycles. The Hall–Kier alpha value is -0.530. The fourth-order valence-electron chi connectivity index (χ4n) is 0.654. The van der Waals surface area contributed by atoms with Crippen molar-refractivity contribution in [1.82, 2.24) is 5.32 Å². The van der Waals surface area contributed by atoms with Gasteiger partial charge in [0.1, 0.15) is 0 Å². The molecule has 0 aromatic carbocycles. The molecule has 2 heteroatoms. The van der Waals surface area contributed by atoms with E-state index in [1.807, 2.05) is 13.8 Å². The molecule has 0 bridgehead atoms. The van der Waals surface area contributed by atoms with E-state index in [-0.39, 0.29) is 11.9 Å². The zero-order valence-corrected chi connectivity index (χ0v) is 5.90. The predicted octanol–water partition coefficient (Wildman–Crippen LogP) is 0.879. The molecule has 1 amide bonds. The third-order valence-corrected chi connectivity index (χ3v) is 1.24. The molecular weight excluding hydrogens is 114 g/mol. The molecule has 0 aliphatic heterocycles. The second kappa shape index (κ2) is 2.38. The molecule has 1 rings (SSSR count). The number of rotatable bonds is 2. The monoisotopic (exact) mass is 126 g/mol. The highest BCUT2D eigenvalue weighted by Gasteiger charge is 2.30. The minimum atomic E-state index is 0.157. The van der Waals surface area contributed by atoms with Crippen LogP contribution in [0.3, 0.4) is 0 Å². The maximum atomic E-state index is 10.9. The quantitative estimate of drug-likeness (QED) is 0.584. The van der Waals surface area contributed by atoms with Gasteiger partial charge in [0.2, 0.25) is 5.91 Å². The smallest absolute Gasteiger partial charge is 0.227 e. The fraction of sp³-hybridized carbons (Fsp3) is 0.714. The Morgan fingerprint density at radius 2 is 2.11 bits per heavy atom. The molecule has 0 aromatic rings. The van der Waals surface area contributed by atoms with Crippen molar-refractivity contribution in [2.24, 2.45) is 0 Å². The highest BCUT2D eigenvalue weighted by atomic mass is 16.2. The second-order valence-electron chi connectivity index (χ2n) is 2.73. The topological polar surface area (TPSA) is 29.1 Å². The van der Waals surface area contributed by atoms with Crippen LogP contribution in [-0.2, 0) is 4.79 Å². The molecule has 0 spiro atoms. The lowest BCUT2D eigenvalue weighted by atomic mass is 10.3. The van der Waals surface area contributed by atoms with Crippen molar-refractivity contribution in [3.8, 4) is 0 Å². The van der Waals surface area contributed by atoms with Crippen LogP contribution >= 0.6 is 0 Å². The number of nitrogens with one attached hydrogen (secondary N) is 1. The van der Waals surface area contributed by atoms with E-state index in [0.29, 0.717) is 0 Å². The zero-order chi connectivity index (χ0) is 6.85. The minimum absolute atomic E-state index is 0.157. The van der Waals surface area contributed by atoms with Gasteiger partial charge in [0.25, 0.3) is 0 Å². The van der Waals surface area contributed by atoms with Crippen molar-refractivity contribution in [1.29, 1.82) is 0 Å². The van der Waals surface area contributed by atoms with E-state index in [9.17, 15) is 4.79 Å². The van der Waals surface area contributed by atoms with Crippen molar-refractivity contribution in [3.05, 3.63) is 5.92 Å². The maximum absolute atomic E-state index is 10.9. The van der Waals surface area contributed by atoms with Gasteiger partial charge < -0.3 is 5.32 Å². The summed E-state index contributed by atoms with van der Waals surface area (Å²) in [5, 5.41) is 2.83. The lowest BCUT2D eigenvalue weighted by Crippen LogP contribution is -2.30. The predicted molar refractivity (Wildman–Crippen MR) is 35.8 cm³/mol. The summed E-state index contributed by atoms with van der Waals surface area (Å²) in [7, 11) is 0. The van der Waals surface area contributed by atoms with Gasteiger partial charge in [0.15, 0.2) is 0 Å². The highest BCUT2D eigenvalue weighted by Crippen LogP contribution is 2.31. The van der Waals surface area contributed by atoms with E-state index in [2.05, 4.69) is 5.32 Å². The number of carbonyl (C=O) groups excluding carboxylic acids is 1. The van der Waals surface area contributed by atoms with Crippen molar-refractivity contribution in [2.45, 2.75) is 32.7 Å². The minimum Gasteiger partial charge on any atom is -0.353 e. The molecular formula is C7H12NO. The lowest BCUT2D eigenvalue weighted by Gasteiger charge is -2.05. The molecule has 0 atom stereocenters. The van der Waals surface area contributed by atoms with Crippen molar-refractivity contribution in [2.75, 3.05) is 0 Å². The Morgan fingerprint density at radius 3 is 2.44 bits per heavy atom. The molecule has 51 valence electrons. The van der Waals surface area contributed by atoms with Crippen LogP contribution in [0.5, 0.6) is 0 Å². The van der Waals surface area contributed by atoms with E-state index in [4.69, 9.17) is 0 Å². The van der Waals surface area contributed by atoms with Gasteiger partial charge in [-0.15, -0.1) is 0 Å². The zero-order valence-electron chi connectivity index (χ0n) is 5.90. The normalized spacial score (nSPS) is 18.1. The van der Waals surface area contributed by atoms with Gasteiger partial charge in [-0.05, 0) is 26.7 Å². The summed E-state index contributed by atoms with van der Waals surface area (Å²) in [4.78, 5) is 10.9. The van der Waals surface area contributed by atoms with Crippen LogP contribution in [0.1, 0.15) is 26.7 Å². The third-order valence-electron chi connectivity index (χ3n) is 1.24. The number of carbonyl (C=O) groups is 1. The fourth-order valence-corrected chi connectivity index (χ4v) is 0.654. The highest BCUT2D eigenvalue weighted by molar-refractivity contribution is 5.93. The standard InChI is InChI=1S/C7H12NO/c1-5(2)8-7(9)6-3-4-6/h5H,3-4H2,1-2H3,(H,8,9). The average molecular weight is 126 g/mol. The van der Waals surface area contributed by atoms with Crippen LogP contribution in [0.4, 0.5) is 0 Å². The average Bonchev–Trinajstić information content (AvgIpc) is 2.40. The summed E-state index contributed by atoms with van der Waals surface area (Å²) in [6, 6.07) is 0.283. The molecule has 0 unspecified atom stereocenters. The van der Waals surface area contributed by atoms with Gasteiger partial charge in [-0.1, -0.05) is 0 Å². The van der Waals surface area contributed by atoms with E-state index in [1.165, 1.54) is 0 Å². The van der Waals surface area contributed by atoms with Gasteiger partial charge in [0.05, 0.1) is 5.92 Å². The first-order valence-electron chi connectivity index (χ1n) is 3.35. The lowest BCUT2D eigenvalue weighted by molar-refractivity contribution is -0.118. The SMILES string of the molecule is CC(C)NC(=O)[C]1CC1. The summed E-state index contributed by atoms with van der Waals surface area (Å²) < 4.78 is 0. The molecule has 1 saturated carbocycles. The molecule has 1 N–H and O–H groups in total. The Morgan fingerprint density at radius 1 is 1.56 bits per heavy atom. The van der Waals surface area contributed by atoms with Crippen LogP contribution in [0.2, 0.25) is 0 Å². The van der Waals surface area contributed by atoms with Gasteiger partial charge >= 0.3 is 0 Å². The molecule has 0 aromatic heterocycles. The van der Waals surface area contributed by atoms with Crippen LogP contribution in [0.15, 0.2) is 0 Å². The molecule has 0 heterocycles. The Balaban J connectivity index is 2.18. The van der Waals surface area contributed by atoms with Crippen molar-refractivity contribution in [3.63, 3.8) is 0 Å². The maximum Gasteiger partial charge on any atom is 0.227 e. The van der Waals surface area contributed by atoms with Gasteiger partial charge in [-0.3, -0.25) is 4.79 Å². The molecule has 2 nitrogen and oxygen atoms in total. The Bertz CT molecular complexity index is 116. The Labute approximate surface area is 55.6 Å². The van der Waals surface area contributed by atoms with Crippen LogP contribution in [0.25, 0.3) is 0 Å². The van der Waals surface area contributed by atoms with E-state index < -0.39 is 0 Å². The molecule has 1 fully saturated rings. The van der Waals surface area contributed by atoms with Crippen LogP contribution in [0, 0.1) is 5.92 Å². The van der Waals surface area contributed by atoms with Crippen LogP contribution < -0.4 is 5.32 Å². The summed E-state index contributed by atoms with van der Waals surface area (Å²) in [5.41, 5.74) is 0. The first kappa shape index (κ1) is 6.59. The second-order valence-corrected chi connectivity index (χ2v) is 2.73.